The van der Waals surface area contributed by atoms with Crippen LogP contribution < -0.4 is 10.6 Å². The lowest BCUT2D eigenvalue weighted by atomic mass is 9.96. The van der Waals surface area contributed by atoms with E-state index in [1.54, 1.807) is 30.0 Å². The lowest BCUT2D eigenvalue weighted by Crippen LogP contribution is -2.53. The molecule has 7 nitrogen and oxygen atoms in total. The highest BCUT2D eigenvalue weighted by atomic mass is 19.1. The van der Waals surface area contributed by atoms with Gasteiger partial charge in [-0.15, -0.1) is 0 Å². The number of hydrogen-bond acceptors (Lipinski definition) is 5. The number of halogens is 2. The summed E-state index contributed by atoms with van der Waals surface area (Å²) in [6, 6.07) is 6.88. The first-order valence-electron chi connectivity index (χ1n) is 15.2. The van der Waals surface area contributed by atoms with E-state index in [2.05, 4.69) is 17.6 Å². The number of aryl methyl sites for hydroxylation is 1. The molecule has 1 unspecified atom stereocenters. The number of carbonyl (C=O) groups excluding carboxylic acids is 2. The first-order chi connectivity index (χ1) is 20.1. The third-order valence-corrected chi connectivity index (χ3v) is 7.05. The Morgan fingerprint density at radius 1 is 0.905 bits per heavy atom. The van der Waals surface area contributed by atoms with Crippen molar-refractivity contribution in [1.82, 2.24) is 15.5 Å². The van der Waals surface area contributed by atoms with Crippen molar-refractivity contribution >= 4 is 11.8 Å². The van der Waals surface area contributed by atoms with E-state index in [-0.39, 0.29) is 17.9 Å². The Morgan fingerprint density at radius 2 is 1.52 bits per heavy atom. The summed E-state index contributed by atoms with van der Waals surface area (Å²) in [6.45, 7) is 12.9. The van der Waals surface area contributed by atoms with Crippen molar-refractivity contribution in [1.29, 1.82) is 0 Å². The van der Waals surface area contributed by atoms with Gasteiger partial charge in [0.2, 0.25) is 0 Å². The van der Waals surface area contributed by atoms with E-state index in [1.807, 2.05) is 20.8 Å². The molecule has 0 aliphatic heterocycles. The van der Waals surface area contributed by atoms with Crippen LogP contribution in [0.4, 0.5) is 8.78 Å². The van der Waals surface area contributed by atoms with Crippen LogP contribution in [-0.4, -0.2) is 72.9 Å². The molecule has 0 saturated heterocycles. The van der Waals surface area contributed by atoms with Crippen molar-refractivity contribution in [2.45, 2.75) is 91.3 Å². The molecule has 0 radical (unpaired) electrons. The minimum absolute atomic E-state index is 0.00607. The van der Waals surface area contributed by atoms with Crippen LogP contribution in [0.15, 0.2) is 36.4 Å². The zero-order valence-corrected chi connectivity index (χ0v) is 25.8. The number of aliphatic hydroxyl groups is 1. The van der Waals surface area contributed by atoms with Crippen LogP contribution in [0.3, 0.4) is 0 Å². The summed E-state index contributed by atoms with van der Waals surface area (Å²) < 4.78 is 33.5. The third-order valence-electron chi connectivity index (χ3n) is 7.05. The second-order valence-corrected chi connectivity index (χ2v) is 11.0. The van der Waals surface area contributed by atoms with E-state index in [0.717, 1.165) is 43.7 Å². The van der Waals surface area contributed by atoms with Gasteiger partial charge in [-0.1, -0.05) is 27.2 Å². The number of nitrogens with one attached hydrogen (secondary N) is 2. The topological polar surface area (TPSA) is 90.9 Å². The molecule has 234 valence electrons. The molecule has 2 rings (SSSR count). The zero-order valence-electron chi connectivity index (χ0n) is 25.8. The lowest BCUT2D eigenvalue weighted by Gasteiger charge is -2.30. The molecule has 0 saturated carbocycles. The maximum absolute atomic E-state index is 14.0. The Morgan fingerprint density at radius 3 is 2.14 bits per heavy atom. The van der Waals surface area contributed by atoms with Gasteiger partial charge >= 0.3 is 0 Å². The van der Waals surface area contributed by atoms with Gasteiger partial charge in [-0.3, -0.25) is 9.59 Å². The molecule has 2 amide bonds. The van der Waals surface area contributed by atoms with Gasteiger partial charge in [0, 0.05) is 49.5 Å². The SMILES string of the molecule is CCCCOCCCNC(C)[C@H](O)[C@@H](Cc1cc(F)cc(F)c1)NC(=O)c1cc(C)cc(C(=O)N(CCC)CCC)c1. The maximum atomic E-state index is 14.0. The van der Waals surface area contributed by atoms with E-state index in [0.29, 0.717) is 44.0 Å². The number of rotatable bonds is 19. The first-order valence-corrected chi connectivity index (χ1v) is 15.2. The molecule has 9 heteroatoms. The molecule has 0 aliphatic rings. The number of aliphatic hydroxyl groups excluding tert-OH is 1. The second-order valence-electron chi connectivity index (χ2n) is 11.0. The molecule has 42 heavy (non-hydrogen) atoms. The summed E-state index contributed by atoms with van der Waals surface area (Å²) in [4.78, 5) is 28.5. The van der Waals surface area contributed by atoms with Gasteiger partial charge in [-0.25, -0.2) is 8.78 Å². The average molecular weight is 590 g/mol. The standard InChI is InChI=1S/C33H49F2N3O4/c1-6-9-14-42-15-10-11-36-24(5)31(39)30(20-25-18-28(34)22-29(35)19-25)37-32(40)26-16-23(4)17-27(21-26)33(41)38(12-7-2)13-8-3/h16-19,21-22,24,30-31,36,39H,6-15,20H2,1-5H3,(H,37,40)/t24?,30-,31+/m1/s1. The van der Waals surface area contributed by atoms with Crippen LogP contribution in [0.1, 0.15) is 91.6 Å². The molecule has 2 aromatic rings. The first kappa shape index (κ1) is 35.3. The highest BCUT2D eigenvalue weighted by Gasteiger charge is 2.28. The summed E-state index contributed by atoms with van der Waals surface area (Å²) in [5, 5.41) is 17.4. The molecule has 0 bridgehead atoms. The molecular weight excluding hydrogens is 540 g/mol. The Kier molecular flexibility index (Phi) is 15.7. The van der Waals surface area contributed by atoms with Crippen molar-refractivity contribution < 1.29 is 28.2 Å². The molecule has 3 atom stereocenters. The molecule has 0 heterocycles. The molecule has 0 aliphatic carbocycles. The Bertz CT molecular complexity index is 1100. The lowest BCUT2D eigenvalue weighted by molar-refractivity contribution is 0.0725. The van der Waals surface area contributed by atoms with Crippen molar-refractivity contribution in [3.63, 3.8) is 0 Å². The quantitative estimate of drug-likeness (QED) is 0.190. The van der Waals surface area contributed by atoms with Crippen molar-refractivity contribution in [3.05, 3.63) is 70.3 Å². The number of amides is 2. The van der Waals surface area contributed by atoms with Crippen molar-refractivity contribution in [3.8, 4) is 0 Å². The van der Waals surface area contributed by atoms with E-state index in [1.165, 1.54) is 12.1 Å². The number of carbonyl (C=O) groups is 2. The fraction of sp³-hybridized carbons (Fsp3) is 0.576. The Labute approximate surface area is 250 Å². The van der Waals surface area contributed by atoms with Gasteiger partial charge in [0.05, 0.1) is 12.1 Å². The van der Waals surface area contributed by atoms with E-state index < -0.39 is 35.7 Å². The van der Waals surface area contributed by atoms with Crippen LogP contribution in [0, 0.1) is 18.6 Å². The van der Waals surface area contributed by atoms with Crippen molar-refractivity contribution in [2.75, 3.05) is 32.8 Å². The number of hydrogen-bond donors (Lipinski definition) is 3. The number of unbranched alkanes of at least 4 members (excludes halogenated alkanes) is 1. The van der Waals surface area contributed by atoms with Crippen LogP contribution in [0.5, 0.6) is 0 Å². The van der Waals surface area contributed by atoms with E-state index in [4.69, 9.17) is 4.74 Å². The van der Waals surface area contributed by atoms with Crippen molar-refractivity contribution in [2.24, 2.45) is 0 Å². The van der Waals surface area contributed by atoms with Gasteiger partial charge in [-0.2, -0.15) is 0 Å². The predicted molar refractivity (Wildman–Crippen MR) is 163 cm³/mol. The van der Waals surface area contributed by atoms with Gasteiger partial charge in [-0.05, 0) is 94.0 Å². The monoisotopic (exact) mass is 589 g/mol. The fourth-order valence-electron chi connectivity index (χ4n) is 4.89. The van der Waals surface area contributed by atoms with E-state index >= 15 is 0 Å². The highest BCUT2D eigenvalue weighted by molar-refractivity contribution is 6.00. The summed E-state index contributed by atoms with van der Waals surface area (Å²) in [5.74, 6) is -2.09. The van der Waals surface area contributed by atoms with E-state index in [9.17, 15) is 23.5 Å². The zero-order chi connectivity index (χ0) is 31.1. The molecular formula is C33H49F2N3O4. The largest absolute Gasteiger partial charge is 0.389 e. The second kappa shape index (κ2) is 18.6. The summed E-state index contributed by atoms with van der Waals surface area (Å²) in [5.41, 5.74) is 1.75. The summed E-state index contributed by atoms with van der Waals surface area (Å²) >= 11 is 0. The molecule has 0 spiro atoms. The molecule has 2 aromatic carbocycles. The number of benzene rings is 2. The molecule has 0 fully saturated rings. The fourth-order valence-corrected chi connectivity index (χ4v) is 4.89. The summed E-state index contributed by atoms with van der Waals surface area (Å²) in [6.07, 6.45) is 3.41. The smallest absolute Gasteiger partial charge is 0.253 e. The third kappa shape index (κ3) is 11.8. The Balaban J connectivity index is 2.22. The van der Waals surface area contributed by atoms with Gasteiger partial charge in [0.1, 0.15) is 11.6 Å². The predicted octanol–water partition coefficient (Wildman–Crippen LogP) is 5.42. The molecule has 0 aromatic heterocycles. The Hall–Kier alpha value is -2.88. The average Bonchev–Trinajstić information content (AvgIpc) is 2.94. The van der Waals surface area contributed by atoms with Gasteiger partial charge < -0.3 is 25.4 Å². The minimum atomic E-state index is -1.07. The molecule has 3 N–H and O–H groups in total. The van der Waals surface area contributed by atoms with Crippen LogP contribution in [-0.2, 0) is 11.2 Å². The van der Waals surface area contributed by atoms with Gasteiger partial charge in [0.15, 0.2) is 0 Å². The summed E-state index contributed by atoms with van der Waals surface area (Å²) in [7, 11) is 0. The van der Waals surface area contributed by atoms with Crippen LogP contribution in [0.25, 0.3) is 0 Å². The van der Waals surface area contributed by atoms with Crippen LogP contribution in [0.2, 0.25) is 0 Å². The number of ether oxygens (including phenoxy) is 1. The van der Waals surface area contributed by atoms with Crippen LogP contribution >= 0.6 is 0 Å². The number of nitrogens with zero attached hydrogens (tertiary/aromatic N) is 1. The maximum Gasteiger partial charge on any atom is 0.253 e. The van der Waals surface area contributed by atoms with Gasteiger partial charge in [0.25, 0.3) is 11.8 Å². The normalized spacial score (nSPS) is 13.4. The minimum Gasteiger partial charge on any atom is -0.389 e. The highest BCUT2D eigenvalue weighted by Crippen LogP contribution is 2.17.